The van der Waals surface area contributed by atoms with Crippen LogP contribution in [0.5, 0.6) is 0 Å². The third-order valence-corrected chi connectivity index (χ3v) is 6.10. The molecule has 4 heterocycles. The minimum atomic E-state index is -2.55. The highest BCUT2D eigenvalue weighted by Gasteiger charge is 2.33. The van der Waals surface area contributed by atoms with Crippen LogP contribution in [-0.2, 0) is 0 Å². The summed E-state index contributed by atoms with van der Waals surface area (Å²) in [5.41, 5.74) is 5.20. The van der Waals surface area contributed by atoms with Gasteiger partial charge in [0, 0.05) is 66.8 Å². The highest BCUT2D eigenvalue weighted by molar-refractivity contribution is 5.84. The fourth-order valence-electron chi connectivity index (χ4n) is 4.24. The van der Waals surface area contributed by atoms with Gasteiger partial charge in [-0.3, -0.25) is 5.10 Å². The van der Waals surface area contributed by atoms with Crippen LogP contribution in [0.3, 0.4) is 0 Å². The SMILES string of the molecule is FC1(F)CCN(c2ccc(Nc3nc(-c4ccc5cn[nH]c5c4)cn4ccnc34)cc2)CC1. The fraction of sp³-hybridized carbons (Fsp3) is 0.208. The zero-order chi connectivity index (χ0) is 22.4. The van der Waals surface area contributed by atoms with E-state index in [4.69, 9.17) is 4.98 Å². The number of alkyl halides is 2. The van der Waals surface area contributed by atoms with Gasteiger partial charge in [0.1, 0.15) is 0 Å². The van der Waals surface area contributed by atoms with Crippen LogP contribution in [0, 0.1) is 0 Å². The molecule has 0 saturated carbocycles. The van der Waals surface area contributed by atoms with Crippen LogP contribution >= 0.6 is 0 Å². The molecule has 0 radical (unpaired) electrons. The monoisotopic (exact) mass is 445 g/mol. The van der Waals surface area contributed by atoms with Crippen molar-refractivity contribution in [2.24, 2.45) is 0 Å². The Morgan fingerprint density at radius 2 is 1.85 bits per heavy atom. The van der Waals surface area contributed by atoms with Crippen LogP contribution < -0.4 is 10.2 Å². The number of nitrogens with zero attached hydrogens (tertiary/aromatic N) is 5. The first-order valence-corrected chi connectivity index (χ1v) is 10.8. The largest absolute Gasteiger partial charge is 0.371 e. The molecule has 5 aromatic rings. The van der Waals surface area contributed by atoms with Gasteiger partial charge in [0.05, 0.1) is 17.4 Å². The molecule has 0 bridgehead atoms. The minimum Gasteiger partial charge on any atom is -0.371 e. The zero-order valence-electron chi connectivity index (χ0n) is 17.7. The number of benzene rings is 2. The molecule has 9 heteroatoms. The fourth-order valence-corrected chi connectivity index (χ4v) is 4.24. The maximum Gasteiger partial charge on any atom is 0.251 e. The van der Waals surface area contributed by atoms with Gasteiger partial charge in [-0.15, -0.1) is 0 Å². The van der Waals surface area contributed by atoms with Gasteiger partial charge in [-0.1, -0.05) is 12.1 Å². The second-order valence-corrected chi connectivity index (χ2v) is 8.32. The van der Waals surface area contributed by atoms with E-state index in [1.165, 1.54) is 0 Å². The molecule has 0 spiro atoms. The Bertz CT molecular complexity index is 1430. The lowest BCUT2D eigenvalue weighted by molar-refractivity contribution is -0.0220. The van der Waals surface area contributed by atoms with Crippen molar-refractivity contribution in [1.29, 1.82) is 0 Å². The number of H-pyrrole nitrogens is 1. The molecule has 0 amide bonds. The summed E-state index contributed by atoms with van der Waals surface area (Å²) in [5.74, 6) is -1.92. The predicted octanol–water partition coefficient (Wildman–Crippen LogP) is 5.25. The maximum absolute atomic E-state index is 13.5. The summed E-state index contributed by atoms with van der Waals surface area (Å²) >= 11 is 0. The van der Waals surface area contributed by atoms with Crippen molar-refractivity contribution >= 4 is 33.7 Å². The Hall–Kier alpha value is -4.01. The molecule has 0 aliphatic carbocycles. The number of piperidine rings is 1. The van der Waals surface area contributed by atoms with Gasteiger partial charge in [0.2, 0.25) is 0 Å². The van der Waals surface area contributed by atoms with Crippen molar-refractivity contribution < 1.29 is 8.78 Å². The number of rotatable bonds is 4. The average Bonchev–Trinajstić information content (AvgIpc) is 3.48. The molecular weight excluding hydrogens is 424 g/mol. The second kappa shape index (κ2) is 7.54. The molecule has 6 rings (SSSR count). The summed E-state index contributed by atoms with van der Waals surface area (Å²) in [5, 5.41) is 11.5. The molecule has 33 heavy (non-hydrogen) atoms. The standard InChI is InChI=1S/C24H21F2N7/c25-24(26)7-10-32(11-8-24)19-5-3-18(4-6-19)29-22-23-27-9-12-33(23)15-21(30-22)16-1-2-17-14-28-31-20(17)13-16/h1-6,9,12-15H,7-8,10-11H2,(H,28,31)(H,29,30). The van der Waals surface area contributed by atoms with Crippen molar-refractivity contribution in [3.63, 3.8) is 0 Å². The maximum atomic E-state index is 13.5. The summed E-state index contributed by atoms with van der Waals surface area (Å²) < 4.78 is 28.9. The number of nitrogens with one attached hydrogen (secondary N) is 2. The number of hydrogen-bond acceptors (Lipinski definition) is 5. The average molecular weight is 445 g/mol. The van der Waals surface area contributed by atoms with Crippen LogP contribution in [0.15, 0.2) is 67.3 Å². The Morgan fingerprint density at radius 1 is 1.03 bits per heavy atom. The van der Waals surface area contributed by atoms with E-state index in [1.54, 1.807) is 12.4 Å². The van der Waals surface area contributed by atoms with Crippen LogP contribution in [0.2, 0.25) is 0 Å². The lowest BCUT2D eigenvalue weighted by Gasteiger charge is -2.33. The van der Waals surface area contributed by atoms with E-state index in [-0.39, 0.29) is 12.8 Å². The molecule has 1 aliphatic rings. The van der Waals surface area contributed by atoms with Crippen molar-refractivity contribution in [3.8, 4) is 11.3 Å². The molecule has 7 nitrogen and oxygen atoms in total. The lowest BCUT2D eigenvalue weighted by atomic mass is 10.1. The molecule has 0 unspecified atom stereocenters. The van der Waals surface area contributed by atoms with Crippen molar-refractivity contribution in [3.05, 3.63) is 67.3 Å². The Labute approximate surface area is 188 Å². The smallest absolute Gasteiger partial charge is 0.251 e. The Morgan fingerprint density at radius 3 is 2.67 bits per heavy atom. The molecule has 1 fully saturated rings. The van der Waals surface area contributed by atoms with E-state index < -0.39 is 5.92 Å². The topological polar surface area (TPSA) is 74.1 Å². The van der Waals surface area contributed by atoms with Crippen LogP contribution in [-0.4, -0.2) is 43.6 Å². The number of hydrogen-bond donors (Lipinski definition) is 2. The van der Waals surface area contributed by atoms with Crippen molar-refractivity contribution in [2.75, 3.05) is 23.3 Å². The zero-order valence-corrected chi connectivity index (χ0v) is 17.7. The first-order chi connectivity index (χ1) is 16.0. The van der Waals surface area contributed by atoms with E-state index in [0.717, 1.165) is 33.5 Å². The number of anilines is 3. The Kier molecular flexibility index (Phi) is 4.49. The highest BCUT2D eigenvalue weighted by atomic mass is 19.3. The van der Waals surface area contributed by atoms with Gasteiger partial charge in [0.15, 0.2) is 11.5 Å². The van der Waals surface area contributed by atoms with Gasteiger partial charge in [-0.25, -0.2) is 18.7 Å². The van der Waals surface area contributed by atoms with Crippen LogP contribution in [0.1, 0.15) is 12.8 Å². The summed E-state index contributed by atoms with van der Waals surface area (Å²) in [7, 11) is 0. The molecule has 1 aliphatic heterocycles. The quantitative estimate of drug-likeness (QED) is 0.395. The van der Waals surface area contributed by atoms with E-state index in [9.17, 15) is 8.78 Å². The number of imidazole rings is 1. The second-order valence-electron chi connectivity index (χ2n) is 8.32. The normalized spacial score (nSPS) is 15.9. The van der Waals surface area contributed by atoms with Crippen LogP contribution in [0.4, 0.5) is 26.0 Å². The van der Waals surface area contributed by atoms with E-state index in [0.29, 0.717) is 24.6 Å². The first kappa shape index (κ1) is 19.7. The van der Waals surface area contributed by atoms with E-state index in [2.05, 4.69) is 20.5 Å². The summed E-state index contributed by atoms with van der Waals surface area (Å²) in [6.45, 7) is 0.720. The van der Waals surface area contributed by atoms with Gasteiger partial charge < -0.3 is 14.6 Å². The lowest BCUT2D eigenvalue weighted by Crippen LogP contribution is -2.39. The number of fused-ring (bicyclic) bond motifs is 2. The molecule has 2 N–H and O–H groups in total. The molecule has 166 valence electrons. The number of halogens is 2. The van der Waals surface area contributed by atoms with Gasteiger partial charge in [-0.2, -0.15) is 5.10 Å². The molecule has 2 aromatic carbocycles. The molecular formula is C24H21F2N7. The number of aromatic nitrogens is 5. The summed E-state index contributed by atoms with van der Waals surface area (Å²) in [4.78, 5) is 11.3. The predicted molar refractivity (Wildman–Crippen MR) is 124 cm³/mol. The third-order valence-electron chi connectivity index (χ3n) is 6.10. The van der Waals surface area contributed by atoms with Gasteiger partial charge in [-0.05, 0) is 30.3 Å². The minimum absolute atomic E-state index is 0.105. The van der Waals surface area contributed by atoms with Crippen LogP contribution in [0.25, 0.3) is 27.8 Å². The molecule has 0 atom stereocenters. The Balaban J connectivity index is 1.29. The van der Waals surface area contributed by atoms with Crippen molar-refractivity contribution in [1.82, 2.24) is 24.6 Å². The summed E-state index contributed by atoms with van der Waals surface area (Å²) in [6.07, 6.45) is 7.14. The van der Waals surface area contributed by atoms with E-state index in [1.807, 2.05) is 64.2 Å². The highest BCUT2D eigenvalue weighted by Crippen LogP contribution is 2.32. The van der Waals surface area contributed by atoms with Crippen molar-refractivity contribution in [2.45, 2.75) is 18.8 Å². The van der Waals surface area contributed by atoms with E-state index >= 15 is 0 Å². The first-order valence-electron chi connectivity index (χ1n) is 10.8. The third kappa shape index (κ3) is 3.75. The van der Waals surface area contributed by atoms with Gasteiger partial charge in [0.25, 0.3) is 5.92 Å². The molecule has 3 aromatic heterocycles. The van der Waals surface area contributed by atoms with Gasteiger partial charge >= 0.3 is 0 Å². The molecule has 1 saturated heterocycles. The summed E-state index contributed by atoms with van der Waals surface area (Å²) in [6, 6.07) is 13.8. The number of aromatic amines is 1.